The maximum absolute atomic E-state index is 11.6. The fourth-order valence-electron chi connectivity index (χ4n) is 3.74. The van der Waals surface area contributed by atoms with Crippen molar-refractivity contribution in [1.29, 1.82) is 0 Å². The van der Waals surface area contributed by atoms with Crippen LogP contribution in [0.4, 0.5) is 0 Å². The molecule has 0 spiro atoms. The number of benzene rings is 1. The van der Waals surface area contributed by atoms with Crippen LogP contribution < -0.4 is 5.14 Å². The first-order valence-corrected chi connectivity index (χ1v) is 13.6. The first-order valence-electron chi connectivity index (χ1n) is 11.1. The third-order valence-electron chi connectivity index (χ3n) is 5.54. The van der Waals surface area contributed by atoms with Crippen LogP contribution in [-0.4, -0.2) is 13.2 Å². The zero-order valence-electron chi connectivity index (χ0n) is 17.9. The summed E-state index contributed by atoms with van der Waals surface area (Å²) in [7, 11) is -3.63. The summed E-state index contributed by atoms with van der Waals surface area (Å²) in [6.07, 6.45) is 18.0. The summed E-state index contributed by atoms with van der Waals surface area (Å²) in [4.78, 5) is 0.864. The van der Waals surface area contributed by atoms with Crippen molar-refractivity contribution in [2.75, 3.05) is 0 Å². The van der Waals surface area contributed by atoms with Crippen LogP contribution in [0.5, 0.6) is 0 Å². The Morgan fingerprint density at radius 3 is 2.00 bits per heavy atom. The van der Waals surface area contributed by atoms with Crippen LogP contribution in [0.15, 0.2) is 23.1 Å². The Morgan fingerprint density at radius 2 is 1.43 bits per heavy atom. The molecular formula is C23H40BrNO2S. The third-order valence-corrected chi connectivity index (χ3v) is 7.51. The number of aryl methyl sites for hydroxylation is 1. The molecule has 0 radical (unpaired) electrons. The largest absolute Gasteiger partial charge is 0.238 e. The molecule has 0 aromatic heterocycles. The number of hydrogen-bond acceptors (Lipinski definition) is 2. The van der Waals surface area contributed by atoms with Gasteiger partial charge in [0.05, 0.1) is 4.90 Å². The second-order valence-electron chi connectivity index (χ2n) is 8.05. The van der Waals surface area contributed by atoms with Crippen molar-refractivity contribution in [2.24, 2.45) is 5.14 Å². The van der Waals surface area contributed by atoms with E-state index in [9.17, 15) is 8.42 Å². The summed E-state index contributed by atoms with van der Waals surface area (Å²) >= 11 is 3.83. The van der Waals surface area contributed by atoms with E-state index in [2.05, 4.69) is 22.9 Å². The summed E-state index contributed by atoms with van der Waals surface area (Å²) in [5.41, 5.74) is 1.90. The van der Waals surface area contributed by atoms with Crippen LogP contribution in [-0.2, 0) is 16.4 Å². The normalized spacial score (nSPS) is 13.0. The van der Waals surface area contributed by atoms with Gasteiger partial charge in [0.2, 0.25) is 10.0 Å². The van der Waals surface area contributed by atoms with E-state index in [1.807, 2.05) is 13.0 Å². The monoisotopic (exact) mass is 473 g/mol. The van der Waals surface area contributed by atoms with Gasteiger partial charge in [-0.05, 0) is 49.8 Å². The molecule has 1 aromatic rings. The molecule has 0 saturated heterocycles. The highest BCUT2D eigenvalue weighted by Crippen LogP contribution is 2.22. The number of hydrogen-bond donors (Lipinski definition) is 1. The lowest BCUT2D eigenvalue weighted by Crippen LogP contribution is -2.14. The summed E-state index contributed by atoms with van der Waals surface area (Å²) < 4.78 is 23.2. The number of unbranched alkanes of at least 4 members (excludes halogenated alkanes) is 9. The Kier molecular flexibility index (Phi) is 13.3. The Bertz CT molecular complexity index is 646. The summed E-state index contributed by atoms with van der Waals surface area (Å²) in [6.45, 7) is 4.12. The van der Waals surface area contributed by atoms with Gasteiger partial charge in [-0.1, -0.05) is 99.2 Å². The van der Waals surface area contributed by atoms with Crippen LogP contribution in [0.2, 0.25) is 0 Å². The minimum atomic E-state index is -3.63. The summed E-state index contributed by atoms with van der Waals surface area (Å²) in [5, 5.41) is 5.29. The smallest absolute Gasteiger partial charge is 0.225 e. The molecule has 0 heterocycles. The van der Waals surface area contributed by atoms with Gasteiger partial charge in [0.15, 0.2) is 0 Å². The van der Waals surface area contributed by atoms with Gasteiger partial charge in [0, 0.05) is 4.83 Å². The third kappa shape index (κ3) is 11.0. The van der Waals surface area contributed by atoms with Gasteiger partial charge in [0.25, 0.3) is 0 Å². The molecule has 1 aromatic carbocycles. The quantitative estimate of drug-likeness (QED) is 0.206. The van der Waals surface area contributed by atoms with Crippen molar-refractivity contribution in [1.82, 2.24) is 0 Å². The lowest BCUT2D eigenvalue weighted by atomic mass is 10.0. The highest BCUT2D eigenvalue weighted by atomic mass is 79.9. The van der Waals surface area contributed by atoms with Crippen molar-refractivity contribution < 1.29 is 8.42 Å². The average molecular weight is 475 g/mol. The number of sulfonamides is 1. The van der Waals surface area contributed by atoms with E-state index in [4.69, 9.17) is 5.14 Å². The predicted octanol–water partition coefficient (Wildman–Crippen LogP) is 7.04. The summed E-state index contributed by atoms with van der Waals surface area (Å²) in [6, 6.07) is 5.39. The topological polar surface area (TPSA) is 60.2 Å². The van der Waals surface area contributed by atoms with Gasteiger partial charge in [-0.25, -0.2) is 13.6 Å². The van der Waals surface area contributed by atoms with E-state index in [0.29, 0.717) is 4.83 Å². The number of nitrogens with two attached hydrogens (primary N) is 1. The molecule has 1 rings (SSSR count). The molecule has 1 atom stereocenters. The molecule has 162 valence electrons. The van der Waals surface area contributed by atoms with Gasteiger partial charge < -0.3 is 0 Å². The van der Waals surface area contributed by atoms with Crippen molar-refractivity contribution in [3.8, 4) is 0 Å². The van der Waals surface area contributed by atoms with E-state index in [1.165, 1.54) is 70.6 Å². The van der Waals surface area contributed by atoms with Gasteiger partial charge >= 0.3 is 0 Å². The Balaban J connectivity index is 2.12. The van der Waals surface area contributed by atoms with E-state index >= 15 is 0 Å². The minimum absolute atomic E-state index is 0.258. The molecule has 28 heavy (non-hydrogen) atoms. The molecular weight excluding hydrogens is 434 g/mol. The van der Waals surface area contributed by atoms with E-state index in [1.54, 1.807) is 12.1 Å². The zero-order chi connectivity index (χ0) is 20.8. The molecule has 0 aliphatic rings. The number of alkyl halides is 1. The molecule has 3 nitrogen and oxygen atoms in total. The molecule has 5 heteroatoms. The first-order chi connectivity index (χ1) is 13.4. The van der Waals surface area contributed by atoms with Crippen LogP contribution >= 0.6 is 15.9 Å². The number of rotatable bonds is 16. The molecule has 0 aliphatic heterocycles. The predicted molar refractivity (Wildman–Crippen MR) is 125 cm³/mol. The van der Waals surface area contributed by atoms with Crippen LogP contribution in [0.1, 0.15) is 102 Å². The van der Waals surface area contributed by atoms with E-state index in [-0.39, 0.29) is 4.90 Å². The van der Waals surface area contributed by atoms with Crippen molar-refractivity contribution >= 4 is 26.0 Å². The van der Waals surface area contributed by atoms with Gasteiger partial charge in [-0.2, -0.15) is 0 Å². The van der Waals surface area contributed by atoms with Crippen molar-refractivity contribution in [3.05, 3.63) is 29.3 Å². The van der Waals surface area contributed by atoms with E-state index < -0.39 is 10.0 Å². The highest BCUT2D eigenvalue weighted by molar-refractivity contribution is 9.09. The fraction of sp³-hybridized carbons (Fsp3) is 0.739. The second kappa shape index (κ2) is 14.6. The standard InChI is InChI=1S/C23H40BrNO2S/c1-3-4-5-6-7-8-9-10-11-17-22(24)18-13-12-15-21-16-14-19-23(20(21)2)28(25,26)27/h14,16,19,22H,3-13,15,17-18H2,1-2H3,(H2,25,26,27). The maximum atomic E-state index is 11.6. The van der Waals surface area contributed by atoms with Gasteiger partial charge in [-0.3, -0.25) is 0 Å². The first kappa shape index (κ1) is 25.6. The van der Waals surface area contributed by atoms with Crippen LogP contribution in [0, 0.1) is 6.92 Å². The van der Waals surface area contributed by atoms with E-state index in [0.717, 1.165) is 30.4 Å². The SMILES string of the molecule is CCCCCCCCCCCC(Br)CCCCc1cccc(S(N)(=O)=O)c1C. The second-order valence-corrected chi connectivity index (χ2v) is 10.9. The average Bonchev–Trinajstić information content (AvgIpc) is 2.64. The maximum Gasteiger partial charge on any atom is 0.238 e. The number of halogens is 1. The van der Waals surface area contributed by atoms with Crippen molar-refractivity contribution in [3.63, 3.8) is 0 Å². The highest BCUT2D eigenvalue weighted by Gasteiger charge is 2.13. The summed E-state index contributed by atoms with van der Waals surface area (Å²) in [5.74, 6) is 0. The lowest BCUT2D eigenvalue weighted by molar-refractivity contribution is 0.543. The molecule has 0 amide bonds. The minimum Gasteiger partial charge on any atom is -0.225 e. The molecule has 0 bridgehead atoms. The molecule has 0 fully saturated rings. The lowest BCUT2D eigenvalue weighted by Gasteiger charge is -2.12. The fourth-order valence-corrected chi connectivity index (χ4v) is 5.21. The van der Waals surface area contributed by atoms with Crippen LogP contribution in [0.25, 0.3) is 0 Å². The van der Waals surface area contributed by atoms with Crippen molar-refractivity contribution in [2.45, 2.75) is 113 Å². The number of primary sulfonamides is 1. The Morgan fingerprint density at radius 1 is 0.893 bits per heavy atom. The molecule has 0 saturated carbocycles. The van der Waals surface area contributed by atoms with Gasteiger partial charge in [0.1, 0.15) is 0 Å². The van der Waals surface area contributed by atoms with Gasteiger partial charge in [-0.15, -0.1) is 0 Å². The molecule has 2 N–H and O–H groups in total. The van der Waals surface area contributed by atoms with Crippen LogP contribution in [0.3, 0.4) is 0 Å². The molecule has 1 unspecified atom stereocenters. The molecule has 0 aliphatic carbocycles. The zero-order valence-corrected chi connectivity index (χ0v) is 20.3. The Hall–Kier alpha value is -0.390. The Labute approximate surface area is 182 Å².